The van der Waals surface area contributed by atoms with Gasteiger partial charge in [0.25, 0.3) is 0 Å². The van der Waals surface area contributed by atoms with Crippen molar-refractivity contribution in [3.63, 3.8) is 0 Å². The average molecular weight is 274 g/mol. The first-order valence-electron chi connectivity index (χ1n) is 5.52. The molecule has 0 radical (unpaired) electrons. The largest absolute Gasteiger partial charge is 0.335 e. The van der Waals surface area contributed by atoms with Gasteiger partial charge in [-0.05, 0) is 20.3 Å². The molecule has 0 spiro atoms. The van der Waals surface area contributed by atoms with Crippen LogP contribution in [0.3, 0.4) is 0 Å². The van der Waals surface area contributed by atoms with E-state index in [4.69, 9.17) is 0 Å². The van der Waals surface area contributed by atoms with Crippen LogP contribution >= 0.6 is 11.8 Å². The van der Waals surface area contributed by atoms with Crippen LogP contribution in [0.25, 0.3) is 0 Å². The number of thioether (sulfide) groups is 1. The summed E-state index contributed by atoms with van der Waals surface area (Å²) in [6, 6.07) is 1.84. The van der Waals surface area contributed by atoms with Crippen molar-refractivity contribution in [2.75, 3.05) is 11.1 Å². The Hall–Kier alpha value is -1.17. The first-order valence-corrected chi connectivity index (χ1v) is 6.50. The van der Waals surface area contributed by atoms with E-state index in [9.17, 15) is 13.2 Å². The first kappa shape index (κ1) is 13.3. The lowest BCUT2D eigenvalue weighted by Gasteiger charge is -2.26. The van der Waals surface area contributed by atoms with Crippen LogP contribution in [-0.4, -0.2) is 16.5 Å². The van der Waals surface area contributed by atoms with Crippen LogP contribution in [0, 0.1) is 17.5 Å². The summed E-state index contributed by atoms with van der Waals surface area (Å²) in [5.74, 6) is -3.00. The fraction of sp³-hybridized carbons (Fsp3) is 0.417. The molecule has 0 unspecified atom stereocenters. The lowest BCUT2D eigenvalue weighted by molar-refractivity contribution is 0.448. The molecule has 1 aliphatic heterocycles. The molecule has 0 aliphatic carbocycles. The van der Waals surface area contributed by atoms with E-state index < -0.39 is 17.5 Å². The highest BCUT2D eigenvalue weighted by atomic mass is 32.2. The van der Waals surface area contributed by atoms with Gasteiger partial charge in [0.1, 0.15) is 0 Å². The van der Waals surface area contributed by atoms with Crippen molar-refractivity contribution in [3.05, 3.63) is 29.6 Å². The topological polar surface area (TPSA) is 24.4 Å². The van der Waals surface area contributed by atoms with E-state index in [1.807, 2.05) is 13.8 Å². The zero-order chi connectivity index (χ0) is 13.3. The molecule has 0 saturated heterocycles. The average Bonchev–Trinajstić information content (AvgIpc) is 2.24. The first-order chi connectivity index (χ1) is 8.37. The fourth-order valence-electron chi connectivity index (χ4n) is 1.58. The van der Waals surface area contributed by atoms with Gasteiger partial charge in [-0.25, -0.2) is 13.2 Å². The molecular formula is C12H13F3N2S. The second-order valence-electron chi connectivity index (χ2n) is 4.71. The molecule has 0 bridgehead atoms. The van der Waals surface area contributed by atoms with Crippen LogP contribution in [0.5, 0.6) is 0 Å². The predicted octanol–water partition coefficient (Wildman–Crippen LogP) is 3.79. The van der Waals surface area contributed by atoms with E-state index in [0.29, 0.717) is 5.17 Å². The Labute approximate surface area is 108 Å². The van der Waals surface area contributed by atoms with Crippen molar-refractivity contribution in [2.24, 2.45) is 4.99 Å². The molecule has 2 rings (SSSR count). The molecule has 18 heavy (non-hydrogen) atoms. The van der Waals surface area contributed by atoms with Gasteiger partial charge in [-0.3, -0.25) is 4.99 Å². The lowest BCUT2D eigenvalue weighted by Crippen LogP contribution is -2.27. The van der Waals surface area contributed by atoms with Gasteiger partial charge in [0.2, 0.25) is 0 Å². The van der Waals surface area contributed by atoms with E-state index in [0.717, 1.165) is 24.3 Å². The molecule has 0 fully saturated rings. The van der Waals surface area contributed by atoms with Gasteiger partial charge >= 0.3 is 0 Å². The summed E-state index contributed by atoms with van der Waals surface area (Å²) in [6.45, 7) is 3.97. The number of aliphatic imine (C=N–C) groups is 1. The van der Waals surface area contributed by atoms with Gasteiger partial charge in [-0.15, -0.1) is 0 Å². The number of halogens is 3. The fourth-order valence-corrected chi connectivity index (χ4v) is 2.87. The third-order valence-corrected chi connectivity index (χ3v) is 3.47. The summed E-state index contributed by atoms with van der Waals surface area (Å²) in [6.07, 6.45) is 0.939. The van der Waals surface area contributed by atoms with Gasteiger partial charge in [0, 0.05) is 23.6 Å². The predicted molar refractivity (Wildman–Crippen MR) is 68.5 cm³/mol. The van der Waals surface area contributed by atoms with Gasteiger partial charge in [-0.2, -0.15) is 0 Å². The molecule has 1 aromatic rings. The van der Waals surface area contributed by atoms with Gasteiger partial charge in [-0.1, -0.05) is 11.8 Å². The quantitative estimate of drug-likeness (QED) is 0.788. The van der Waals surface area contributed by atoms with Crippen LogP contribution in [0.1, 0.15) is 20.3 Å². The highest BCUT2D eigenvalue weighted by Crippen LogP contribution is 2.27. The smallest absolute Gasteiger partial charge is 0.194 e. The minimum Gasteiger partial charge on any atom is -0.335 e. The second kappa shape index (κ2) is 4.84. The Morgan fingerprint density at radius 3 is 2.39 bits per heavy atom. The Morgan fingerprint density at radius 1 is 1.22 bits per heavy atom. The Morgan fingerprint density at radius 2 is 1.83 bits per heavy atom. The van der Waals surface area contributed by atoms with Crippen LogP contribution in [0.15, 0.2) is 17.1 Å². The Bertz CT molecular complexity index is 477. The van der Waals surface area contributed by atoms with Gasteiger partial charge in [0.15, 0.2) is 22.6 Å². The SMILES string of the molecule is CC1(C)CCSC(Nc2cc(F)c(F)c(F)c2)=N1. The third-order valence-electron chi connectivity index (χ3n) is 2.59. The normalized spacial score (nSPS) is 18.4. The highest BCUT2D eigenvalue weighted by Gasteiger charge is 2.23. The minimum atomic E-state index is -1.46. The molecule has 1 aliphatic rings. The van der Waals surface area contributed by atoms with Crippen molar-refractivity contribution in [2.45, 2.75) is 25.8 Å². The molecule has 2 nitrogen and oxygen atoms in total. The number of hydrogen-bond donors (Lipinski definition) is 1. The van der Waals surface area contributed by atoms with Crippen molar-refractivity contribution >= 4 is 22.6 Å². The monoisotopic (exact) mass is 274 g/mol. The molecule has 1 N–H and O–H groups in total. The molecule has 0 saturated carbocycles. The van der Waals surface area contributed by atoms with E-state index >= 15 is 0 Å². The number of nitrogens with one attached hydrogen (secondary N) is 1. The molecular weight excluding hydrogens is 261 g/mol. The van der Waals surface area contributed by atoms with Crippen molar-refractivity contribution < 1.29 is 13.2 Å². The maximum absolute atomic E-state index is 13.0. The van der Waals surface area contributed by atoms with Crippen molar-refractivity contribution in [1.29, 1.82) is 0 Å². The summed E-state index contributed by atoms with van der Waals surface area (Å²) < 4.78 is 38.9. The van der Waals surface area contributed by atoms with E-state index in [1.165, 1.54) is 11.8 Å². The zero-order valence-electron chi connectivity index (χ0n) is 10.1. The number of anilines is 1. The Kier molecular flexibility index (Phi) is 3.56. The summed E-state index contributed by atoms with van der Waals surface area (Å²) in [7, 11) is 0. The molecule has 0 amide bonds. The molecule has 98 valence electrons. The van der Waals surface area contributed by atoms with E-state index in [-0.39, 0.29) is 11.2 Å². The van der Waals surface area contributed by atoms with Crippen LogP contribution < -0.4 is 5.32 Å². The highest BCUT2D eigenvalue weighted by molar-refractivity contribution is 8.14. The number of nitrogens with zero attached hydrogens (tertiary/aromatic N) is 1. The van der Waals surface area contributed by atoms with E-state index in [2.05, 4.69) is 10.3 Å². The van der Waals surface area contributed by atoms with Gasteiger partial charge < -0.3 is 5.32 Å². The third kappa shape index (κ3) is 2.98. The number of hydrogen-bond acceptors (Lipinski definition) is 3. The summed E-state index contributed by atoms with van der Waals surface area (Å²) in [5.41, 5.74) is -0.0274. The standard InChI is InChI=1S/C12H13F3N2S/c1-12(2)3-4-18-11(17-12)16-7-5-8(13)10(15)9(14)6-7/h5-6H,3-4H2,1-2H3,(H,16,17). The van der Waals surface area contributed by atoms with E-state index in [1.54, 1.807) is 0 Å². The minimum absolute atomic E-state index is 0.162. The molecule has 1 aromatic carbocycles. The molecule has 0 atom stereocenters. The van der Waals surface area contributed by atoms with Crippen LogP contribution in [0.2, 0.25) is 0 Å². The van der Waals surface area contributed by atoms with Crippen molar-refractivity contribution in [1.82, 2.24) is 0 Å². The Balaban J connectivity index is 2.22. The number of benzene rings is 1. The summed E-state index contributed by atoms with van der Waals surface area (Å²) in [4.78, 5) is 4.42. The maximum atomic E-state index is 13.0. The van der Waals surface area contributed by atoms with Crippen LogP contribution in [0.4, 0.5) is 18.9 Å². The molecule has 0 aromatic heterocycles. The number of amidine groups is 1. The van der Waals surface area contributed by atoms with Crippen molar-refractivity contribution in [3.8, 4) is 0 Å². The van der Waals surface area contributed by atoms with Crippen LogP contribution in [-0.2, 0) is 0 Å². The molecule has 1 heterocycles. The molecule has 6 heteroatoms. The second-order valence-corrected chi connectivity index (χ2v) is 5.79. The zero-order valence-corrected chi connectivity index (χ0v) is 10.9. The maximum Gasteiger partial charge on any atom is 0.194 e. The summed E-state index contributed by atoms with van der Waals surface area (Å²) >= 11 is 1.48. The number of rotatable bonds is 1. The van der Waals surface area contributed by atoms with Gasteiger partial charge in [0.05, 0.1) is 5.54 Å². The lowest BCUT2D eigenvalue weighted by atomic mass is 10.0. The summed E-state index contributed by atoms with van der Waals surface area (Å²) in [5, 5.41) is 3.41.